The first-order valence-corrected chi connectivity index (χ1v) is 9.98. The fraction of sp³-hybridized carbons (Fsp3) is 0.158. The van der Waals surface area contributed by atoms with Gasteiger partial charge >= 0.3 is 0 Å². The first kappa shape index (κ1) is 19.5. The minimum atomic E-state index is -0.325. The predicted molar refractivity (Wildman–Crippen MR) is 109 cm³/mol. The van der Waals surface area contributed by atoms with Crippen molar-refractivity contribution in [2.45, 2.75) is 12.8 Å². The molecular weight excluding hydrogens is 406 g/mol. The van der Waals surface area contributed by atoms with Crippen molar-refractivity contribution >= 4 is 28.8 Å². The SMILES string of the molecule is O=C(CCc1nnc(-c2ccsc2)o1)NCC(=O)Nc1ccc(-n2cncn2)cc1. The van der Waals surface area contributed by atoms with Gasteiger partial charge in [-0.1, -0.05) is 0 Å². The van der Waals surface area contributed by atoms with E-state index >= 15 is 0 Å². The Morgan fingerprint density at radius 3 is 2.70 bits per heavy atom. The second-order valence-electron chi connectivity index (χ2n) is 6.22. The molecule has 30 heavy (non-hydrogen) atoms. The van der Waals surface area contributed by atoms with Crippen LogP contribution in [0.1, 0.15) is 12.3 Å². The average Bonchev–Trinajstić information content (AvgIpc) is 3.53. The molecule has 0 unspecified atom stereocenters. The number of rotatable bonds is 8. The van der Waals surface area contributed by atoms with Crippen LogP contribution in [0.25, 0.3) is 17.1 Å². The zero-order valence-electron chi connectivity index (χ0n) is 15.7. The van der Waals surface area contributed by atoms with Crippen molar-refractivity contribution in [3.8, 4) is 17.1 Å². The van der Waals surface area contributed by atoms with Gasteiger partial charge in [-0.15, -0.1) is 10.2 Å². The van der Waals surface area contributed by atoms with Gasteiger partial charge in [-0.2, -0.15) is 16.4 Å². The van der Waals surface area contributed by atoms with Crippen LogP contribution >= 0.6 is 11.3 Å². The van der Waals surface area contributed by atoms with Gasteiger partial charge in [0.05, 0.1) is 12.2 Å². The molecule has 3 heterocycles. The molecule has 0 aliphatic heterocycles. The zero-order chi connectivity index (χ0) is 20.8. The molecule has 0 bridgehead atoms. The Morgan fingerprint density at radius 1 is 1.10 bits per heavy atom. The van der Waals surface area contributed by atoms with Crippen molar-refractivity contribution in [1.29, 1.82) is 0 Å². The van der Waals surface area contributed by atoms with Crippen LogP contribution in [-0.2, 0) is 16.0 Å². The second-order valence-corrected chi connectivity index (χ2v) is 7.00. The molecule has 0 saturated heterocycles. The van der Waals surface area contributed by atoms with Crippen LogP contribution in [-0.4, -0.2) is 43.3 Å². The van der Waals surface area contributed by atoms with E-state index in [2.05, 4.69) is 30.9 Å². The zero-order valence-corrected chi connectivity index (χ0v) is 16.5. The lowest BCUT2D eigenvalue weighted by molar-refractivity contribution is -0.124. The quantitative estimate of drug-likeness (QED) is 0.444. The van der Waals surface area contributed by atoms with Gasteiger partial charge in [0.2, 0.25) is 23.6 Å². The summed E-state index contributed by atoms with van der Waals surface area (Å²) in [6.45, 7) is -0.131. The summed E-state index contributed by atoms with van der Waals surface area (Å²) in [7, 11) is 0. The smallest absolute Gasteiger partial charge is 0.248 e. The van der Waals surface area contributed by atoms with Crippen LogP contribution in [0.15, 0.2) is 58.2 Å². The van der Waals surface area contributed by atoms with E-state index in [1.54, 1.807) is 35.3 Å². The summed E-state index contributed by atoms with van der Waals surface area (Å²) in [6.07, 6.45) is 3.47. The maximum absolute atomic E-state index is 12.0. The molecule has 0 aliphatic rings. The Hall–Kier alpha value is -3.86. The molecule has 2 amide bonds. The van der Waals surface area contributed by atoms with Gasteiger partial charge in [0.15, 0.2) is 0 Å². The molecule has 0 spiro atoms. The van der Waals surface area contributed by atoms with Crippen molar-refractivity contribution in [1.82, 2.24) is 30.3 Å². The van der Waals surface area contributed by atoms with Gasteiger partial charge in [0, 0.05) is 29.5 Å². The molecule has 2 N–H and O–H groups in total. The maximum atomic E-state index is 12.0. The largest absolute Gasteiger partial charge is 0.421 e. The molecule has 11 heteroatoms. The fourth-order valence-electron chi connectivity index (χ4n) is 2.59. The van der Waals surface area contributed by atoms with E-state index < -0.39 is 0 Å². The van der Waals surface area contributed by atoms with E-state index in [0.717, 1.165) is 11.3 Å². The van der Waals surface area contributed by atoms with E-state index in [1.165, 1.54) is 17.7 Å². The number of anilines is 1. The molecular formula is C19H17N7O3S. The number of hydrogen-bond donors (Lipinski definition) is 2. The van der Waals surface area contributed by atoms with E-state index in [0.29, 0.717) is 23.9 Å². The third kappa shape index (κ3) is 4.94. The highest BCUT2D eigenvalue weighted by molar-refractivity contribution is 7.08. The van der Waals surface area contributed by atoms with Gasteiger partial charge in [0.1, 0.15) is 12.7 Å². The molecule has 1 aromatic carbocycles. The highest BCUT2D eigenvalue weighted by atomic mass is 32.1. The van der Waals surface area contributed by atoms with Gasteiger partial charge in [0.25, 0.3) is 0 Å². The number of nitrogens with zero attached hydrogens (tertiary/aromatic N) is 5. The van der Waals surface area contributed by atoms with E-state index in [4.69, 9.17) is 4.42 Å². The number of benzene rings is 1. The van der Waals surface area contributed by atoms with Crippen molar-refractivity contribution in [2.24, 2.45) is 0 Å². The highest BCUT2D eigenvalue weighted by Crippen LogP contribution is 2.20. The molecule has 10 nitrogen and oxygen atoms in total. The summed E-state index contributed by atoms with van der Waals surface area (Å²) < 4.78 is 7.14. The Kier molecular flexibility index (Phi) is 5.90. The minimum Gasteiger partial charge on any atom is -0.421 e. The van der Waals surface area contributed by atoms with E-state index in [1.807, 2.05) is 16.8 Å². The Balaban J connectivity index is 1.20. The summed E-state index contributed by atoms with van der Waals surface area (Å²) in [5, 5.41) is 21.1. The number of amides is 2. The Morgan fingerprint density at radius 2 is 1.97 bits per heavy atom. The van der Waals surface area contributed by atoms with Crippen LogP contribution < -0.4 is 10.6 Å². The Bertz CT molecular complexity index is 1110. The van der Waals surface area contributed by atoms with Crippen molar-refractivity contribution < 1.29 is 14.0 Å². The lowest BCUT2D eigenvalue weighted by Gasteiger charge is -2.07. The number of carbonyl (C=O) groups excluding carboxylic acids is 2. The summed E-state index contributed by atoms with van der Waals surface area (Å²) in [4.78, 5) is 27.9. The van der Waals surface area contributed by atoms with Gasteiger partial charge in [-0.25, -0.2) is 9.67 Å². The second kappa shape index (κ2) is 9.09. The number of thiophene rings is 1. The average molecular weight is 423 g/mol. The number of carbonyl (C=O) groups is 2. The number of aryl methyl sites for hydroxylation is 1. The van der Waals surface area contributed by atoms with Crippen molar-refractivity contribution in [3.63, 3.8) is 0 Å². The van der Waals surface area contributed by atoms with Crippen molar-refractivity contribution in [3.05, 3.63) is 59.6 Å². The molecule has 4 aromatic rings. The summed E-state index contributed by atoms with van der Waals surface area (Å²) in [6, 6.07) is 8.99. The molecule has 0 atom stereocenters. The number of nitrogens with one attached hydrogen (secondary N) is 2. The summed E-state index contributed by atoms with van der Waals surface area (Å²) in [5.41, 5.74) is 2.29. The standard InChI is InChI=1S/C19H17N7O3S/c27-16(5-6-18-24-25-19(29-18)13-7-8-30-10-13)21-9-17(28)23-14-1-3-15(4-2-14)26-12-20-11-22-26/h1-4,7-8,10-12H,5-6,9H2,(H,21,27)(H,23,28). The molecule has 152 valence electrons. The maximum Gasteiger partial charge on any atom is 0.248 e. The number of hydrogen-bond acceptors (Lipinski definition) is 8. The van der Waals surface area contributed by atoms with Gasteiger partial charge in [-0.3, -0.25) is 9.59 Å². The lowest BCUT2D eigenvalue weighted by Crippen LogP contribution is -2.32. The fourth-order valence-corrected chi connectivity index (χ4v) is 3.22. The molecule has 0 saturated carbocycles. The lowest BCUT2D eigenvalue weighted by atomic mass is 10.2. The molecule has 0 fully saturated rings. The highest BCUT2D eigenvalue weighted by Gasteiger charge is 2.12. The normalized spacial score (nSPS) is 10.7. The number of aromatic nitrogens is 5. The topological polar surface area (TPSA) is 128 Å². The molecule has 4 rings (SSSR count). The minimum absolute atomic E-state index is 0.131. The predicted octanol–water partition coefficient (Wildman–Crippen LogP) is 2.07. The van der Waals surface area contributed by atoms with Crippen LogP contribution in [0.5, 0.6) is 0 Å². The van der Waals surface area contributed by atoms with Gasteiger partial charge in [-0.05, 0) is 35.7 Å². The monoisotopic (exact) mass is 423 g/mol. The third-order valence-electron chi connectivity index (χ3n) is 4.08. The van der Waals surface area contributed by atoms with E-state index in [9.17, 15) is 9.59 Å². The van der Waals surface area contributed by atoms with Crippen molar-refractivity contribution in [2.75, 3.05) is 11.9 Å². The first-order chi connectivity index (χ1) is 14.7. The first-order valence-electron chi connectivity index (χ1n) is 9.04. The van der Waals surface area contributed by atoms with Crippen LogP contribution in [0.3, 0.4) is 0 Å². The molecule has 0 radical (unpaired) electrons. The van der Waals surface area contributed by atoms with E-state index in [-0.39, 0.29) is 24.8 Å². The van der Waals surface area contributed by atoms with Gasteiger partial charge < -0.3 is 15.1 Å². The summed E-state index contributed by atoms with van der Waals surface area (Å²) in [5.74, 6) is 0.209. The molecule has 0 aliphatic carbocycles. The summed E-state index contributed by atoms with van der Waals surface area (Å²) >= 11 is 1.54. The molecule has 3 aromatic heterocycles. The van der Waals surface area contributed by atoms with Crippen LogP contribution in [0, 0.1) is 0 Å². The van der Waals surface area contributed by atoms with Crippen LogP contribution in [0.4, 0.5) is 5.69 Å². The Labute approximate surface area is 175 Å². The third-order valence-corrected chi connectivity index (χ3v) is 4.76. The van der Waals surface area contributed by atoms with Crippen LogP contribution in [0.2, 0.25) is 0 Å².